The third kappa shape index (κ3) is 4.22. The van der Waals surface area contributed by atoms with E-state index in [9.17, 15) is 13.3 Å². The number of benzene rings is 1. The Morgan fingerprint density at radius 1 is 1.19 bits per heavy atom. The summed E-state index contributed by atoms with van der Waals surface area (Å²) >= 11 is -1.46. The van der Waals surface area contributed by atoms with Gasteiger partial charge < -0.3 is 14.9 Å². The number of nitrogens with two attached hydrogens (primary N) is 1. The molecule has 144 valence electrons. The molecular weight excluding hydrogens is 370 g/mol. The molecular formula is C19H22F2N4OS. The second-order valence-corrected chi connectivity index (χ2v) is 8.06. The van der Waals surface area contributed by atoms with Crippen LogP contribution in [0.3, 0.4) is 0 Å². The van der Waals surface area contributed by atoms with Crippen molar-refractivity contribution in [3.05, 3.63) is 47.4 Å². The first-order chi connectivity index (χ1) is 12.9. The van der Waals surface area contributed by atoms with Crippen LogP contribution >= 0.6 is 0 Å². The normalized spacial score (nSPS) is 12.6. The number of aryl methyl sites for hydroxylation is 3. The Kier molecular flexibility index (Phi) is 5.96. The van der Waals surface area contributed by atoms with Crippen molar-refractivity contribution in [3.8, 4) is 0 Å². The van der Waals surface area contributed by atoms with Gasteiger partial charge in [-0.05, 0) is 62.0 Å². The van der Waals surface area contributed by atoms with E-state index >= 15 is 0 Å². The number of unbranched alkanes of at least 4 members (excludes halogenated alkanes) is 2. The maximum absolute atomic E-state index is 13.7. The maximum Gasteiger partial charge on any atom is 0.188 e. The molecule has 0 spiro atoms. The molecule has 27 heavy (non-hydrogen) atoms. The molecule has 1 unspecified atom stereocenters. The average molecular weight is 392 g/mol. The highest BCUT2D eigenvalue weighted by Gasteiger charge is 2.17. The third-order valence-corrected chi connectivity index (χ3v) is 6.00. The van der Waals surface area contributed by atoms with E-state index in [0.29, 0.717) is 18.0 Å². The van der Waals surface area contributed by atoms with E-state index in [1.54, 1.807) is 6.20 Å². The molecule has 0 fully saturated rings. The van der Waals surface area contributed by atoms with E-state index < -0.39 is 22.8 Å². The number of halogens is 2. The van der Waals surface area contributed by atoms with Gasteiger partial charge in [-0.3, -0.25) is 0 Å². The van der Waals surface area contributed by atoms with Crippen molar-refractivity contribution in [2.75, 3.05) is 11.5 Å². The number of hydrogen-bond donors (Lipinski definition) is 1. The molecule has 0 amide bonds. The fraction of sp³-hybridized carbons (Fsp3) is 0.368. The highest BCUT2D eigenvalue weighted by Crippen LogP contribution is 2.24. The number of aromatic nitrogens is 3. The molecule has 0 bridgehead atoms. The van der Waals surface area contributed by atoms with Crippen molar-refractivity contribution < 1.29 is 13.3 Å². The minimum Gasteiger partial charge on any atom is -0.611 e. The van der Waals surface area contributed by atoms with Gasteiger partial charge in [-0.1, -0.05) is 0 Å². The molecule has 3 aromatic rings. The first-order valence-electron chi connectivity index (χ1n) is 8.80. The van der Waals surface area contributed by atoms with E-state index in [1.165, 1.54) is 6.07 Å². The van der Waals surface area contributed by atoms with Gasteiger partial charge in [0.25, 0.3) is 0 Å². The Morgan fingerprint density at radius 2 is 1.96 bits per heavy atom. The Hall–Kier alpha value is -2.19. The van der Waals surface area contributed by atoms with Crippen molar-refractivity contribution in [3.63, 3.8) is 0 Å². The van der Waals surface area contributed by atoms with Crippen LogP contribution in [0.5, 0.6) is 0 Å². The maximum atomic E-state index is 13.7. The van der Waals surface area contributed by atoms with E-state index in [2.05, 4.69) is 14.5 Å². The Labute approximate surface area is 159 Å². The number of imidazole rings is 1. The number of rotatable bonds is 7. The van der Waals surface area contributed by atoms with Crippen LogP contribution in [0, 0.1) is 25.5 Å². The third-order valence-electron chi connectivity index (χ3n) is 4.52. The van der Waals surface area contributed by atoms with Crippen molar-refractivity contribution >= 4 is 28.0 Å². The molecule has 2 N–H and O–H groups in total. The number of anilines is 1. The van der Waals surface area contributed by atoms with Gasteiger partial charge in [-0.15, -0.1) is 0 Å². The van der Waals surface area contributed by atoms with Gasteiger partial charge >= 0.3 is 0 Å². The highest BCUT2D eigenvalue weighted by atomic mass is 32.2. The summed E-state index contributed by atoms with van der Waals surface area (Å²) in [5, 5.41) is 0. The predicted molar refractivity (Wildman–Crippen MR) is 103 cm³/mol. The lowest BCUT2D eigenvalue weighted by molar-refractivity contribution is 0.545. The minimum atomic E-state index is -1.46. The molecule has 2 aromatic heterocycles. The summed E-state index contributed by atoms with van der Waals surface area (Å²) in [4.78, 5) is 8.72. The molecule has 0 aliphatic rings. The van der Waals surface area contributed by atoms with Crippen LogP contribution in [-0.4, -0.2) is 24.8 Å². The van der Waals surface area contributed by atoms with Gasteiger partial charge in [0.2, 0.25) is 0 Å². The Balaban J connectivity index is 1.56. The lowest BCUT2D eigenvalue weighted by Gasteiger charge is -2.12. The molecule has 0 saturated carbocycles. The minimum absolute atomic E-state index is 0.0615. The fourth-order valence-electron chi connectivity index (χ4n) is 3.15. The topological polar surface area (TPSA) is 79.8 Å². The first-order valence-corrected chi connectivity index (χ1v) is 10.1. The smallest absolute Gasteiger partial charge is 0.188 e. The van der Waals surface area contributed by atoms with Crippen molar-refractivity contribution in [1.29, 1.82) is 0 Å². The van der Waals surface area contributed by atoms with Gasteiger partial charge in [0.1, 0.15) is 22.9 Å². The molecule has 1 atom stereocenters. The second kappa shape index (κ2) is 8.22. The van der Waals surface area contributed by atoms with Crippen LogP contribution in [0.4, 0.5) is 14.6 Å². The van der Waals surface area contributed by atoms with Gasteiger partial charge in [0.15, 0.2) is 16.5 Å². The number of pyridine rings is 1. The Morgan fingerprint density at radius 3 is 2.70 bits per heavy atom. The standard InChI is InChI=1S/C19H22F2N4OS/c1-12-11-23-19(22)17-18(12)25(13(2)24-17)8-4-3-5-9-27(26)16-7-6-14(20)10-15(16)21/h6-7,10-11H,3-5,8-9H2,1-2H3,(H2,22,23). The SMILES string of the molecule is Cc1cnc(N)c2nc(C)n(CCCCC[S+]([O-])c3ccc(F)cc3F)c12. The predicted octanol–water partition coefficient (Wildman–Crippen LogP) is 3.89. The first kappa shape index (κ1) is 19.6. The molecule has 1 aromatic carbocycles. The number of nitrogens with zero attached hydrogens (tertiary/aromatic N) is 3. The molecule has 5 nitrogen and oxygen atoms in total. The molecule has 2 heterocycles. The van der Waals surface area contributed by atoms with Gasteiger partial charge in [0, 0.05) is 18.8 Å². The van der Waals surface area contributed by atoms with E-state index in [4.69, 9.17) is 5.73 Å². The number of nitrogen functional groups attached to an aromatic ring is 1. The number of hydrogen-bond acceptors (Lipinski definition) is 4. The zero-order valence-electron chi connectivity index (χ0n) is 15.3. The van der Waals surface area contributed by atoms with Crippen molar-refractivity contribution in [1.82, 2.24) is 14.5 Å². The van der Waals surface area contributed by atoms with Gasteiger partial charge in [-0.2, -0.15) is 0 Å². The summed E-state index contributed by atoms with van der Waals surface area (Å²) in [5.41, 5.74) is 8.66. The monoisotopic (exact) mass is 392 g/mol. The fourth-order valence-corrected chi connectivity index (χ4v) is 4.34. The zero-order chi connectivity index (χ0) is 19.6. The quantitative estimate of drug-likeness (QED) is 0.489. The lowest BCUT2D eigenvalue weighted by atomic mass is 10.2. The highest BCUT2D eigenvalue weighted by molar-refractivity contribution is 7.91. The number of fused-ring (bicyclic) bond motifs is 1. The average Bonchev–Trinajstić information content (AvgIpc) is 2.95. The zero-order valence-corrected chi connectivity index (χ0v) is 16.2. The summed E-state index contributed by atoms with van der Waals surface area (Å²) in [6.45, 7) is 4.68. The molecule has 0 saturated heterocycles. The van der Waals surface area contributed by atoms with Crippen LogP contribution in [0.1, 0.15) is 30.7 Å². The molecule has 0 aliphatic carbocycles. The van der Waals surface area contributed by atoms with Crippen molar-refractivity contribution in [2.45, 2.75) is 44.6 Å². The van der Waals surface area contributed by atoms with Crippen LogP contribution < -0.4 is 5.73 Å². The molecule has 0 aliphatic heterocycles. The van der Waals surface area contributed by atoms with Crippen LogP contribution in [0.2, 0.25) is 0 Å². The second-order valence-electron chi connectivity index (χ2n) is 6.52. The van der Waals surface area contributed by atoms with Gasteiger partial charge in [0.05, 0.1) is 5.52 Å². The molecule has 8 heteroatoms. The van der Waals surface area contributed by atoms with Crippen LogP contribution in [-0.2, 0) is 17.7 Å². The van der Waals surface area contributed by atoms with Gasteiger partial charge in [-0.25, -0.2) is 18.7 Å². The van der Waals surface area contributed by atoms with Crippen molar-refractivity contribution in [2.24, 2.45) is 0 Å². The van der Waals surface area contributed by atoms with Crippen LogP contribution in [0.25, 0.3) is 11.0 Å². The van der Waals surface area contributed by atoms with E-state index in [0.717, 1.165) is 53.9 Å². The molecule has 3 rings (SSSR count). The van der Waals surface area contributed by atoms with E-state index in [1.807, 2.05) is 13.8 Å². The van der Waals surface area contributed by atoms with E-state index in [-0.39, 0.29) is 4.90 Å². The summed E-state index contributed by atoms with van der Waals surface area (Å²) in [6.07, 6.45) is 4.15. The summed E-state index contributed by atoms with van der Waals surface area (Å²) in [7, 11) is 0. The summed E-state index contributed by atoms with van der Waals surface area (Å²) < 4.78 is 40.9. The lowest BCUT2D eigenvalue weighted by Crippen LogP contribution is -2.10. The molecule has 0 radical (unpaired) electrons. The Bertz CT molecular complexity index is 961. The largest absolute Gasteiger partial charge is 0.611 e. The summed E-state index contributed by atoms with van der Waals surface area (Å²) in [5.74, 6) is 0.235. The van der Waals surface area contributed by atoms with Crippen LogP contribution in [0.15, 0.2) is 29.3 Å². The summed E-state index contributed by atoms with van der Waals surface area (Å²) in [6, 6.07) is 3.15.